The summed E-state index contributed by atoms with van der Waals surface area (Å²) < 4.78 is 61.4. The normalized spacial score (nSPS) is 12.8. The van der Waals surface area contributed by atoms with Crippen LogP contribution in [-0.2, 0) is 16.6 Å². The zero-order valence-corrected chi connectivity index (χ0v) is 12.6. The third-order valence-electron chi connectivity index (χ3n) is 2.37. The first-order valence-electron chi connectivity index (χ1n) is 6.09. The Morgan fingerprint density at radius 1 is 1.30 bits per heavy atom. The maximum Gasteiger partial charge on any atom is 0.390 e. The number of alkyl halides is 3. The lowest BCUT2D eigenvalue weighted by Gasteiger charge is -2.07. The average molecular weight is 330 g/mol. The second kappa shape index (κ2) is 7.39. The fraction of sp³-hybridized carbons (Fsp3) is 0.636. The highest BCUT2D eigenvalue weighted by Gasteiger charge is 2.27. The van der Waals surface area contributed by atoms with Crippen LogP contribution in [0.1, 0.15) is 24.6 Å². The largest absolute Gasteiger partial charge is 0.390 e. The predicted molar refractivity (Wildman–Crippen MR) is 72.2 cm³/mol. The van der Waals surface area contributed by atoms with E-state index < -0.39 is 29.2 Å². The van der Waals surface area contributed by atoms with Crippen LogP contribution in [0.4, 0.5) is 13.2 Å². The lowest BCUT2D eigenvalue weighted by atomic mass is 10.4. The molecule has 0 amide bonds. The maximum absolute atomic E-state index is 12.0. The van der Waals surface area contributed by atoms with E-state index in [-0.39, 0.29) is 4.90 Å². The molecule has 0 radical (unpaired) electrons. The molecule has 0 aliphatic heterocycles. The highest BCUT2D eigenvalue weighted by atomic mass is 32.2. The Balaban J connectivity index is 2.55. The number of hydrogen-bond acceptors (Lipinski definition) is 4. The van der Waals surface area contributed by atoms with Crippen LogP contribution >= 0.6 is 11.3 Å². The summed E-state index contributed by atoms with van der Waals surface area (Å²) in [4.78, 5) is 0.840. The molecule has 9 heteroatoms. The first-order chi connectivity index (χ1) is 9.24. The molecule has 0 bridgehead atoms. The van der Waals surface area contributed by atoms with Gasteiger partial charge in [0.05, 0.1) is 11.3 Å². The molecule has 0 atom stereocenters. The lowest BCUT2D eigenvalue weighted by Crippen LogP contribution is -2.27. The minimum Gasteiger partial charge on any atom is -0.312 e. The number of halogens is 3. The van der Waals surface area contributed by atoms with E-state index in [1.165, 1.54) is 22.8 Å². The van der Waals surface area contributed by atoms with E-state index in [0.29, 0.717) is 6.54 Å². The molecule has 0 fully saturated rings. The molecule has 2 N–H and O–H groups in total. The van der Waals surface area contributed by atoms with Crippen LogP contribution in [-0.4, -0.2) is 27.7 Å². The summed E-state index contributed by atoms with van der Waals surface area (Å²) in [5.41, 5.74) is 0. The minimum atomic E-state index is -4.37. The summed E-state index contributed by atoms with van der Waals surface area (Å²) in [5.74, 6) is 0. The molecule has 0 aliphatic carbocycles. The van der Waals surface area contributed by atoms with Crippen molar-refractivity contribution in [2.24, 2.45) is 0 Å². The molecule has 0 aliphatic rings. The second-order valence-corrected chi connectivity index (χ2v) is 6.95. The van der Waals surface area contributed by atoms with Gasteiger partial charge in [0, 0.05) is 23.3 Å². The lowest BCUT2D eigenvalue weighted by molar-refractivity contribution is -0.132. The number of sulfonamides is 1. The van der Waals surface area contributed by atoms with E-state index in [1.807, 2.05) is 11.6 Å². The Hall–Kier alpha value is -0.640. The summed E-state index contributed by atoms with van der Waals surface area (Å²) in [5, 5.41) is 4.56. The van der Waals surface area contributed by atoms with Gasteiger partial charge in [-0.2, -0.15) is 13.2 Å². The molecule has 20 heavy (non-hydrogen) atoms. The monoisotopic (exact) mass is 330 g/mol. The van der Waals surface area contributed by atoms with E-state index in [2.05, 4.69) is 5.32 Å². The molecule has 116 valence electrons. The van der Waals surface area contributed by atoms with Gasteiger partial charge in [-0.3, -0.25) is 0 Å². The molecule has 1 aromatic heterocycles. The summed E-state index contributed by atoms with van der Waals surface area (Å²) in [6.07, 6.45) is -4.58. The third kappa shape index (κ3) is 6.21. The molecular formula is C11H17F3N2O2S2. The zero-order valence-electron chi connectivity index (χ0n) is 11.0. The van der Waals surface area contributed by atoms with Crippen LogP contribution in [0.15, 0.2) is 16.3 Å². The van der Waals surface area contributed by atoms with E-state index in [1.54, 1.807) is 0 Å². The summed E-state index contributed by atoms with van der Waals surface area (Å²) in [6.45, 7) is 2.74. The van der Waals surface area contributed by atoms with Crippen LogP contribution < -0.4 is 10.0 Å². The number of hydrogen-bond donors (Lipinski definition) is 2. The number of thiophene rings is 1. The fourth-order valence-corrected chi connectivity index (χ4v) is 3.67. The SMILES string of the molecule is CCCNCc1cc(S(=O)(=O)NCCC(F)(F)F)cs1. The molecule has 0 saturated heterocycles. The van der Waals surface area contributed by atoms with Crippen molar-refractivity contribution in [3.63, 3.8) is 0 Å². The van der Waals surface area contributed by atoms with Gasteiger partial charge < -0.3 is 5.32 Å². The topological polar surface area (TPSA) is 58.2 Å². The Morgan fingerprint density at radius 2 is 2.00 bits per heavy atom. The standard InChI is InChI=1S/C11H17F3N2O2S2/c1-2-4-15-7-9-6-10(8-19-9)20(17,18)16-5-3-11(12,13)14/h6,8,15-16H,2-5,7H2,1H3. The van der Waals surface area contributed by atoms with E-state index in [4.69, 9.17) is 0 Å². The van der Waals surface area contributed by atoms with Crippen molar-refractivity contribution in [1.29, 1.82) is 0 Å². The maximum atomic E-state index is 12.0. The van der Waals surface area contributed by atoms with E-state index >= 15 is 0 Å². The second-order valence-electron chi connectivity index (χ2n) is 4.19. The van der Waals surface area contributed by atoms with Crippen molar-refractivity contribution in [3.05, 3.63) is 16.3 Å². The summed E-state index contributed by atoms with van der Waals surface area (Å²) in [7, 11) is -3.86. The fourth-order valence-electron chi connectivity index (χ4n) is 1.39. The zero-order chi connectivity index (χ0) is 15.2. The van der Waals surface area contributed by atoms with Crippen LogP contribution in [0.5, 0.6) is 0 Å². The smallest absolute Gasteiger partial charge is 0.312 e. The van der Waals surface area contributed by atoms with Crippen LogP contribution in [0, 0.1) is 0 Å². The van der Waals surface area contributed by atoms with Gasteiger partial charge in [0.15, 0.2) is 0 Å². The van der Waals surface area contributed by atoms with Crippen molar-refractivity contribution in [2.75, 3.05) is 13.1 Å². The van der Waals surface area contributed by atoms with Gasteiger partial charge in [-0.1, -0.05) is 6.92 Å². The van der Waals surface area contributed by atoms with Crippen molar-refractivity contribution in [2.45, 2.75) is 37.4 Å². The molecule has 0 saturated carbocycles. The van der Waals surface area contributed by atoms with Crippen molar-refractivity contribution >= 4 is 21.4 Å². The molecule has 1 rings (SSSR count). The van der Waals surface area contributed by atoms with Crippen molar-refractivity contribution in [1.82, 2.24) is 10.0 Å². The van der Waals surface area contributed by atoms with Crippen LogP contribution in [0.25, 0.3) is 0 Å². The van der Waals surface area contributed by atoms with Gasteiger partial charge in [-0.25, -0.2) is 13.1 Å². The Labute approximate surface area is 120 Å². The van der Waals surface area contributed by atoms with E-state index in [0.717, 1.165) is 17.8 Å². The van der Waals surface area contributed by atoms with Crippen LogP contribution in [0.3, 0.4) is 0 Å². The Morgan fingerprint density at radius 3 is 2.60 bits per heavy atom. The average Bonchev–Trinajstić information content (AvgIpc) is 2.77. The molecule has 4 nitrogen and oxygen atoms in total. The quantitative estimate of drug-likeness (QED) is 0.720. The molecule has 0 spiro atoms. The van der Waals surface area contributed by atoms with Crippen molar-refractivity contribution in [3.8, 4) is 0 Å². The summed E-state index contributed by atoms with van der Waals surface area (Å²) in [6, 6.07) is 1.48. The van der Waals surface area contributed by atoms with Gasteiger partial charge in [-0.05, 0) is 19.0 Å². The molecule has 0 aromatic carbocycles. The molecular weight excluding hydrogens is 313 g/mol. The summed E-state index contributed by atoms with van der Waals surface area (Å²) >= 11 is 1.26. The molecule has 1 heterocycles. The van der Waals surface area contributed by atoms with Crippen molar-refractivity contribution < 1.29 is 21.6 Å². The molecule has 1 aromatic rings. The first kappa shape index (κ1) is 17.4. The minimum absolute atomic E-state index is 0.0120. The molecule has 0 unspecified atom stereocenters. The predicted octanol–water partition coefficient (Wildman–Crippen LogP) is 2.48. The van der Waals surface area contributed by atoms with Gasteiger partial charge in [0.2, 0.25) is 10.0 Å². The number of nitrogens with one attached hydrogen (secondary N) is 2. The highest BCUT2D eigenvalue weighted by Crippen LogP contribution is 2.21. The highest BCUT2D eigenvalue weighted by molar-refractivity contribution is 7.89. The van der Waals surface area contributed by atoms with E-state index in [9.17, 15) is 21.6 Å². The van der Waals surface area contributed by atoms with Gasteiger partial charge >= 0.3 is 6.18 Å². The van der Waals surface area contributed by atoms with Gasteiger partial charge in [0.25, 0.3) is 0 Å². The first-order valence-corrected chi connectivity index (χ1v) is 8.45. The van der Waals surface area contributed by atoms with Gasteiger partial charge in [-0.15, -0.1) is 11.3 Å². The number of rotatable bonds is 8. The van der Waals surface area contributed by atoms with Crippen LogP contribution in [0.2, 0.25) is 0 Å². The Bertz CT molecular complexity index is 512. The van der Waals surface area contributed by atoms with Gasteiger partial charge in [0.1, 0.15) is 0 Å². The Kier molecular flexibility index (Phi) is 6.44. The third-order valence-corrected chi connectivity index (χ3v) is 4.89.